The normalized spacial score (nSPS) is 15.3. The van der Waals surface area contributed by atoms with Gasteiger partial charge in [0.15, 0.2) is 0 Å². The Balaban J connectivity index is 2.53. The van der Waals surface area contributed by atoms with Crippen molar-refractivity contribution in [2.45, 2.75) is 26.4 Å². The highest BCUT2D eigenvalue weighted by Crippen LogP contribution is 2.32. The van der Waals surface area contributed by atoms with E-state index in [0.717, 1.165) is 11.7 Å². The molecule has 0 radical (unpaired) electrons. The fraction of sp³-hybridized carbons (Fsp3) is 0.400. The van der Waals surface area contributed by atoms with Gasteiger partial charge in [0.1, 0.15) is 0 Å². The summed E-state index contributed by atoms with van der Waals surface area (Å²) in [5.41, 5.74) is 0. The lowest BCUT2D eigenvalue weighted by atomic mass is 10.3. The minimum Gasteiger partial charge on any atom is -0.346 e. The Labute approximate surface area is 80.5 Å². The number of benzene rings is 1. The van der Waals surface area contributed by atoms with Gasteiger partial charge in [-0.15, -0.1) is 0 Å². The third-order valence-electron chi connectivity index (χ3n) is 1.83. The Kier molecular flexibility index (Phi) is 4.37. The fourth-order valence-corrected chi connectivity index (χ4v) is 1.90. The monoisotopic (exact) mass is 198 g/mol. The smallest absolute Gasteiger partial charge is 0.202 e. The summed E-state index contributed by atoms with van der Waals surface area (Å²) in [6, 6.07) is 9.50. The van der Waals surface area contributed by atoms with Crippen LogP contribution in [-0.2, 0) is 4.52 Å². The quantitative estimate of drug-likeness (QED) is 0.753. The fourth-order valence-electron chi connectivity index (χ4n) is 0.861. The van der Waals surface area contributed by atoms with E-state index in [4.69, 9.17) is 4.52 Å². The summed E-state index contributed by atoms with van der Waals surface area (Å²) < 4.78 is 5.41. The number of rotatable bonds is 4. The first kappa shape index (κ1) is 10.6. The standard InChI is InChI=1S/C10H15O2P/c1-3-9(2)12-13(11)10-7-5-4-6-8-10/h4-9,11H,3H2,1-2H3. The Morgan fingerprint density at radius 2 is 2.00 bits per heavy atom. The topological polar surface area (TPSA) is 29.5 Å². The summed E-state index contributed by atoms with van der Waals surface area (Å²) in [5, 5.41) is 0.873. The van der Waals surface area contributed by atoms with Gasteiger partial charge in [-0.05, 0) is 25.5 Å². The molecule has 0 fully saturated rings. The van der Waals surface area contributed by atoms with Crippen molar-refractivity contribution in [2.75, 3.05) is 0 Å². The highest BCUT2D eigenvalue weighted by atomic mass is 31.2. The third kappa shape index (κ3) is 3.43. The molecule has 0 aliphatic rings. The molecule has 0 aliphatic heterocycles. The van der Waals surface area contributed by atoms with Crippen LogP contribution in [0.2, 0.25) is 0 Å². The second kappa shape index (κ2) is 5.33. The molecule has 2 nitrogen and oxygen atoms in total. The number of hydrogen-bond donors (Lipinski definition) is 1. The molecule has 0 amide bonds. The molecule has 0 saturated heterocycles. The summed E-state index contributed by atoms with van der Waals surface area (Å²) in [5.74, 6) is 0. The molecule has 2 atom stereocenters. The summed E-state index contributed by atoms with van der Waals surface area (Å²) in [6.07, 6.45) is 1.04. The van der Waals surface area contributed by atoms with Crippen LogP contribution >= 0.6 is 8.38 Å². The minimum atomic E-state index is -1.42. The van der Waals surface area contributed by atoms with Crippen LogP contribution < -0.4 is 5.30 Å². The van der Waals surface area contributed by atoms with E-state index in [1.165, 1.54) is 0 Å². The Morgan fingerprint density at radius 3 is 2.54 bits per heavy atom. The Bertz CT molecular complexity index is 238. The molecule has 1 aromatic carbocycles. The van der Waals surface area contributed by atoms with Crippen molar-refractivity contribution < 1.29 is 9.42 Å². The van der Waals surface area contributed by atoms with E-state index >= 15 is 0 Å². The van der Waals surface area contributed by atoms with Crippen LogP contribution in [0.15, 0.2) is 30.3 Å². The maximum atomic E-state index is 9.66. The van der Waals surface area contributed by atoms with E-state index < -0.39 is 8.38 Å². The zero-order valence-corrected chi connectivity index (χ0v) is 8.87. The van der Waals surface area contributed by atoms with Gasteiger partial charge in [0.2, 0.25) is 8.38 Å². The zero-order chi connectivity index (χ0) is 9.68. The SMILES string of the molecule is CCC(C)OP(O)c1ccccc1. The summed E-state index contributed by atoms with van der Waals surface area (Å²) in [7, 11) is -1.42. The molecule has 3 heteroatoms. The van der Waals surface area contributed by atoms with E-state index in [1.54, 1.807) is 0 Å². The van der Waals surface area contributed by atoms with Crippen LogP contribution in [0.5, 0.6) is 0 Å². The second-order valence-electron chi connectivity index (χ2n) is 2.93. The van der Waals surface area contributed by atoms with Gasteiger partial charge in [-0.25, -0.2) is 0 Å². The second-order valence-corrected chi connectivity index (χ2v) is 4.21. The number of hydrogen-bond acceptors (Lipinski definition) is 2. The molecule has 0 saturated carbocycles. The van der Waals surface area contributed by atoms with Crippen LogP contribution in [0, 0.1) is 0 Å². The van der Waals surface area contributed by atoms with Gasteiger partial charge < -0.3 is 9.42 Å². The predicted octanol–water partition coefficient (Wildman–Crippen LogP) is 2.43. The molecule has 0 aliphatic carbocycles. The van der Waals surface area contributed by atoms with Gasteiger partial charge in [-0.3, -0.25) is 0 Å². The van der Waals surface area contributed by atoms with E-state index in [0.29, 0.717) is 0 Å². The largest absolute Gasteiger partial charge is 0.346 e. The van der Waals surface area contributed by atoms with Gasteiger partial charge in [-0.1, -0.05) is 25.1 Å². The lowest BCUT2D eigenvalue weighted by Gasteiger charge is -2.15. The summed E-state index contributed by atoms with van der Waals surface area (Å²) >= 11 is 0. The minimum absolute atomic E-state index is 0.122. The average molecular weight is 198 g/mol. The van der Waals surface area contributed by atoms with Crippen LogP contribution in [0.4, 0.5) is 0 Å². The molecule has 0 heterocycles. The van der Waals surface area contributed by atoms with Crippen molar-refractivity contribution in [2.24, 2.45) is 0 Å². The molecule has 72 valence electrons. The van der Waals surface area contributed by atoms with Gasteiger partial charge in [0.25, 0.3) is 0 Å². The van der Waals surface area contributed by atoms with E-state index in [-0.39, 0.29) is 6.10 Å². The highest BCUT2D eigenvalue weighted by Gasteiger charge is 2.11. The maximum Gasteiger partial charge on any atom is 0.202 e. The molecule has 0 bridgehead atoms. The third-order valence-corrected chi connectivity index (χ3v) is 3.13. The first-order chi connectivity index (χ1) is 6.24. The highest BCUT2D eigenvalue weighted by molar-refractivity contribution is 7.55. The molecule has 13 heavy (non-hydrogen) atoms. The van der Waals surface area contributed by atoms with Crippen molar-refractivity contribution in [1.29, 1.82) is 0 Å². The van der Waals surface area contributed by atoms with Crippen molar-refractivity contribution in [3.8, 4) is 0 Å². The first-order valence-corrected chi connectivity index (χ1v) is 5.66. The van der Waals surface area contributed by atoms with Crippen molar-refractivity contribution in [3.63, 3.8) is 0 Å². The Morgan fingerprint density at radius 1 is 1.38 bits per heavy atom. The van der Waals surface area contributed by atoms with Gasteiger partial charge in [-0.2, -0.15) is 0 Å². The molecule has 1 rings (SSSR count). The predicted molar refractivity (Wildman–Crippen MR) is 56.1 cm³/mol. The zero-order valence-electron chi connectivity index (χ0n) is 7.97. The average Bonchev–Trinajstić information content (AvgIpc) is 2.19. The van der Waals surface area contributed by atoms with E-state index in [1.807, 2.05) is 44.2 Å². The summed E-state index contributed by atoms with van der Waals surface area (Å²) in [6.45, 7) is 4.01. The molecule has 1 N–H and O–H groups in total. The van der Waals surface area contributed by atoms with Crippen LogP contribution in [0.25, 0.3) is 0 Å². The van der Waals surface area contributed by atoms with Gasteiger partial charge in [0.05, 0.1) is 6.10 Å². The Hall–Kier alpha value is -0.430. The molecular formula is C10H15O2P. The van der Waals surface area contributed by atoms with Crippen LogP contribution in [0.1, 0.15) is 20.3 Å². The lowest BCUT2D eigenvalue weighted by molar-refractivity contribution is 0.222. The van der Waals surface area contributed by atoms with Crippen molar-refractivity contribution >= 4 is 13.7 Å². The van der Waals surface area contributed by atoms with Gasteiger partial charge >= 0.3 is 0 Å². The molecule has 0 aromatic heterocycles. The van der Waals surface area contributed by atoms with E-state index in [2.05, 4.69) is 0 Å². The summed E-state index contributed by atoms with van der Waals surface area (Å²) in [4.78, 5) is 9.66. The van der Waals surface area contributed by atoms with Crippen LogP contribution in [-0.4, -0.2) is 11.0 Å². The van der Waals surface area contributed by atoms with Crippen molar-refractivity contribution in [3.05, 3.63) is 30.3 Å². The van der Waals surface area contributed by atoms with Gasteiger partial charge in [0, 0.05) is 5.30 Å². The maximum absolute atomic E-state index is 9.66. The van der Waals surface area contributed by atoms with Crippen LogP contribution in [0.3, 0.4) is 0 Å². The lowest BCUT2D eigenvalue weighted by Crippen LogP contribution is -2.08. The molecule has 2 unspecified atom stereocenters. The first-order valence-electron chi connectivity index (χ1n) is 4.45. The molecule has 0 spiro atoms. The molecular weight excluding hydrogens is 183 g/mol. The molecule has 1 aromatic rings. The van der Waals surface area contributed by atoms with Crippen molar-refractivity contribution in [1.82, 2.24) is 0 Å². The van der Waals surface area contributed by atoms with E-state index in [9.17, 15) is 4.89 Å².